The van der Waals surface area contributed by atoms with E-state index in [2.05, 4.69) is 55.3 Å². The Balaban J connectivity index is 2.18. The first-order valence-electron chi connectivity index (χ1n) is 6.29. The minimum absolute atomic E-state index is 1.06. The molecule has 0 fully saturated rings. The van der Waals surface area contributed by atoms with Crippen LogP contribution in [0.4, 0.5) is 5.69 Å². The lowest BCUT2D eigenvalue weighted by molar-refractivity contribution is 0.303. The van der Waals surface area contributed by atoms with Gasteiger partial charge in [0.05, 0.1) is 0 Å². The highest BCUT2D eigenvalue weighted by Crippen LogP contribution is 2.08. The summed E-state index contributed by atoms with van der Waals surface area (Å²) in [6.07, 6.45) is 1.20. The molecule has 0 aromatic heterocycles. The molecular weight excluding hydrogens is 196 g/mol. The Labute approximate surface area is 99.7 Å². The highest BCUT2D eigenvalue weighted by molar-refractivity contribution is 5.44. The Morgan fingerprint density at radius 1 is 1.06 bits per heavy atom. The van der Waals surface area contributed by atoms with Gasteiger partial charge in [0, 0.05) is 12.2 Å². The molecule has 1 rings (SSSR count). The standard InChI is InChI=1S/C14H24N2/c1-4-16(5-2)12-6-11-15-14-9-7-13(3)8-10-14/h7-10,15H,4-6,11-12H2,1-3H3. The van der Waals surface area contributed by atoms with Crippen LogP contribution in [0.5, 0.6) is 0 Å². The zero-order valence-corrected chi connectivity index (χ0v) is 10.8. The second kappa shape index (κ2) is 7.29. The highest BCUT2D eigenvalue weighted by atomic mass is 15.1. The van der Waals surface area contributed by atoms with E-state index in [4.69, 9.17) is 0 Å². The second-order valence-electron chi connectivity index (χ2n) is 4.17. The smallest absolute Gasteiger partial charge is 0.0340 e. The lowest BCUT2D eigenvalue weighted by Crippen LogP contribution is -2.25. The summed E-state index contributed by atoms with van der Waals surface area (Å²) in [5.41, 5.74) is 2.54. The van der Waals surface area contributed by atoms with Crippen LogP contribution in [0.15, 0.2) is 24.3 Å². The van der Waals surface area contributed by atoms with Gasteiger partial charge in [0.2, 0.25) is 0 Å². The van der Waals surface area contributed by atoms with Crippen LogP contribution in [-0.2, 0) is 0 Å². The molecule has 90 valence electrons. The van der Waals surface area contributed by atoms with Crippen molar-refractivity contribution in [2.75, 3.05) is 31.5 Å². The third-order valence-corrected chi connectivity index (χ3v) is 2.93. The number of rotatable bonds is 7. The van der Waals surface area contributed by atoms with Gasteiger partial charge in [-0.05, 0) is 45.1 Å². The number of nitrogens with zero attached hydrogens (tertiary/aromatic N) is 1. The normalized spacial score (nSPS) is 10.8. The van der Waals surface area contributed by atoms with Gasteiger partial charge in [-0.1, -0.05) is 31.5 Å². The molecule has 0 atom stereocenters. The molecule has 0 heterocycles. The first-order valence-corrected chi connectivity index (χ1v) is 6.29. The SMILES string of the molecule is CCN(CC)CCCNc1ccc(C)cc1. The molecule has 1 aromatic carbocycles. The fourth-order valence-electron chi connectivity index (χ4n) is 1.75. The van der Waals surface area contributed by atoms with Gasteiger partial charge in [-0.15, -0.1) is 0 Å². The number of hydrogen-bond donors (Lipinski definition) is 1. The minimum Gasteiger partial charge on any atom is -0.385 e. The summed E-state index contributed by atoms with van der Waals surface area (Å²) >= 11 is 0. The van der Waals surface area contributed by atoms with E-state index in [9.17, 15) is 0 Å². The topological polar surface area (TPSA) is 15.3 Å². The predicted molar refractivity (Wildman–Crippen MR) is 72.1 cm³/mol. The summed E-state index contributed by atoms with van der Waals surface area (Å²) in [4.78, 5) is 2.46. The van der Waals surface area contributed by atoms with Gasteiger partial charge in [-0.3, -0.25) is 0 Å². The maximum atomic E-state index is 3.45. The van der Waals surface area contributed by atoms with Crippen LogP contribution in [0.3, 0.4) is 0 Å². The predicted octanol–water partition coefficient (Wildman–Crippen LogP) is 3.14. The lowest BCUT2D eigenvalue weighted by atomic mass is 10.2. The second-order valence-corrected chi connectivity index (χ2v) is 4.17. The molecule has 1 aromatic rings. The van der Waals surface area contributed by atoms with Gasteiger partial charge in [0.25, 0.3) is 0 Å². The zero-order valence-electron chi connectivity index (χ0n) is 10.8. The van der Waals surface area contributed by atoms with E-state index in [0.29, 0.717) is 0 Å². The molecule has 16 heavy (non-hydrogen) atoms. The molecule has 0 unspecified atom stereocenters. The molecule has 0 aliphatic rings. The van der Waals surface area contributed by atoms with Crippen molar-refractivity contribution in [1.29, 1.82) is 0 Å². The first-order chi connectivity index (χ1) is 7.76. The van der Waals surface area contributed by atoms with Crippen molar-refractivity contribution >= 4 is 5.69 Å². The van der Waals surface area contributed by atoms with Crippen molar-refractivity contribution < 1.29 is 0 Å². The largest absolute Gasteiger partial charge is 0.385 e. The number of benzene rings is 1. The van der Waals surface area contributed by atoms with Crippen LogP contribution in [-0.4, -0.2) is 31.1 Å². The summed E-state index contributed by atoms with van der Waals surface area (Å²) in [5, 5.41) is 3.45. The first kappa shape index (κ1) is 13.0. The van der Waals surface area contributed by atoms with Gasteiger partial charge < -0.3 is 10.2 Å². The van der Waals surface area contributed by atoms with Gasteiger partial charge in [-0.2, -0.15) is 0 Å². The van der Waals surface area contributed by atoms with Crippen LogP contribution < -0.4 is 5.32 Å². The number of nitrogens with one attached hydrogen (secondary N) is 1. The van der Waals surface area contributed by atoms with E-state index < -0.39 is 0 Å². The Hall–Kier alpha value is -1.02. The molecule has 0 radical (unpaired) electrons. The van der Waals surface area contributed by atoms with Crippen molar-refractivity contribution in [2.24, 2.45) is 0 Å². The third-order valence-electron chi connectivity index (χ3n) is 2.93. The van der Waals surface area contributed by atoms with Crippen LogP contribution in [0, 0.1) is 6.92 Å². The summed E-state index contributed by atoms with van der Waals surface area (Å²) in [6, 6.07) is 8.58. The van der Waals surface area contributed by atoms with E-state index in [0.717, 1.165) is 19.6 Å². The molecule has 0 amide bonds. The molecule has 0 aliphatic heterocycles. The Bertz CT molecular complexity index is 275. The van der Waals surface area contributed by atoms with Crippen LogP contribution in [0.2, 0.25) is 0 Å². The molecule has 0 saturated heterocycles. The zero-order chi connectivity index (χ0) is 11.8. The van der Waals surface area contributed by atoms with E-state index in [1.807, 2.05) is 0 Å². The van der Waals surface area contributed by atoms with Crippen LogP contribution in [0.1, 0.15) is 25.8 Å². The van der Waals surface area contributed by atoms with Crippen molar-refractivity contribution in [3.63, 3.8) is 0 Å². The van der Waals surface area contributed by atoms with E-state index in [1.165, 1.54) is 24.2 Å². The average Bonchev–Trinajstić information content (AvgIpc) is 2.32. The summed E-state index contributed by atoms with van der Waals surface area (Å²) < 4.78 is 0. The Morgan fingerprint density at radius 2 is 1.69 bits per heavy atom. The van der Waals surface area contributed by atoms with Crippen molar-refractivity contribution in [3.8, 4) is 0 Å². The molecule has 0 aliphatic carbocycles. The number of anilines is 1. The van der Waals surface area contributed by atoms with Crippen LogP contribution >= 0.6 is 0 Å². The molecule has 0 bridgehead atoms. The molecule has 2 heteroatoms. The molecule has 0 saturated carbocycles. The minimum atomic E-state index is 1.06. The van der Waals surface area contributed by atoms with Crippen molar-refractivity contribution in [3.05, 3.63) is 29.8 Å². The van der Waals surface area contributed by atoms with Gasteiger partial charge >= 0.3 is 0 Å². The summed E-state index contributed by atoms with van der Waals surface area (Å²) in [5.74, 6) is 0. The van der Waals surface area contributed by atoms with Gasteiger partial charge in [0.15, 0.2) is 0 Å². The molecule has 2 nitrogen and oxygen atoms in total. The van der Waals surface area contributed by atoms with Crippen molar-refractivity contribution in [1.82, 2.24) is 4.90 Å². The quantitative estimate of drug-likeness (QED) is 0.710. The average molecular weight is 220 g/mol. The maximum Gasteiger partial charge on any atom is 0.0340 e. The van der Waals surface area contributed by atoms with E-state index >= 15 is 0 Å². The molecule has 1 N–H and O–H groups in total. The van der Waals surface area contributed by atoms with E-state index in [1.54, 1.807) is 0 Å². The van der Waals surface area contributed by atoms with Crippen LogP contribution in [0.25, 0.3) is 0 Å². The Morgan fingerprint density at radius 3 is 2.25 bits per heavy atom. The van der Waals surface area contributed by atoms with E-state index in [-0.39, 0.29) is 0 Å². The number of hydrogen-bond acceptors (Lipinski definition) is 2. The van der Waals surface area contributed by atoms with Crippen molar-refractivity contribution in [2.45, 2.75) is 27.2 Å². The maximum absolute atomic E-state index is 3.45. The lowest BCUT2D eigenvalue weighted by Gasteiger charge is -2.17. The molecular formula is C14H24N2. The van der Waals surface area contributed by atoms with Gasteiger partial charge in [0.1, 0.15) is 0 Å². The van der Waals surface area contributed by atoms with Gasteiger partial charge in [-0.25, -0.2) is 0 Å². The number of aryl methyl sites for hydroxylation is 1. The highest BCUT2D eigenvalue weighted by Gasteiger charge is 1.97. The fraction of sp³-hybridized carbons (Fsp3) is 0.571. The monoisotopic (exact) mass is 220 g/mol. The summed E-state index contributed by atoms with van der Waals surface area (Å²) in [7, 11) is 0. The Kier molecular flexibility index (Phi) is 5.94. The third kappa shape index (κ3) is 4.67. The molecule has 0 spiro atoms. The summed E-state index contributed by atoms with van der Waals surface area (Å²) in [6.45, 7) is 11.1. The fourth-order valence-corrected chi connectivity index (χ4v) is 1.75.